The van der Waals surface area contributed by atoms with Crippen LogP contribution in [0.2, 0.25) is 0 Å². The van der Waals surface area contributed by atoms with Gasteiger partial charge in [0.15, 0.2) is 0 Å². The van der Waals surface area contributed by atoms with Gasteiger partial charge in [0.1, 0.15) is 6.07 Å². The van der Waals surface area contributed by atoms with Crippen LogP contribution >= 0.6 is 11.3 Å². The smallest absolute Gasteiger partial charge is 0.244 e. The van der Waals surface area contributed by atoms with Crippen LogP contribution in [0.1, 0.15) is 22.0 Å². The van der Waals surface area contributed by atoms with Crippen molar-refractivity contribution in [2.24, 2.45) is 0 Å². The summed E-state index contributed by atoms with van der Waals surface area (Å²) in [4.78, 5) is 15.9. The number of nitrogens with one attached hydrogen (secondary N) is 1. The van der Waals surface area contributed by atoms with Crippen molar-refractivity contribution >= 4 is 27.3 Å². The minimum Gasteiger partial charge on any atom is -0.343 e. The van der Waals surface area contributed by atoms with Crippen molar-refractivity contribution in [3.8, 4) is 6.07 Å². The molecule has 0 unspecified atom stereocenters. The number of hydrogen-bond donors (Lipinski definition) is 1. The molecule has 7 nitrogen and oxygen atoms in total. The lowest BCUT2D eigenvalue weighted by molar-refractivity contribution is -0.123. The van der Waals surface area contributed by atoms with E-state index in [1.165, 1.54) is 16.4 Å². The van der Waals surface area contributed by atoms with Crippen LogP contribution in [0.25, 0.3) is 0 Å². The number of hydrogen-bond acceptors (Lipinski definition) is 6. The number of nitrogens with zero attached hydrogens (tertiary/aromatic N) is 3. The number of piperazine rings is 1. The highest BCUT2D eigenvalue weighted by Crippen LogP contribution is 2.26. The van der Waals surface area contributed by atoms with E-state index in [1.807, 2.05) is 58.8 Å². The highest BCUT2D eigenvalue weighted by molar-refractivity contribution is 7.89. The van der Waals surface area contributed by atoms with E-state index >= 15 is 0 Å². The van der Waals surface area contributed by atoms with E-state index in [4.69, 9.17) is 0 Å². The Morgan fingerprint density at radius 3 is 2.36 bits per heavy atom. The van der Waals surface area contributed by atoms with Gasteiger partial charge in [0.05, 0.1) is 23.0 Å². The second-order valence-electron chi connectivity index (χ2n) is 7.71. The van der Waals surface area contributed by atoms with Crippen molar-refractivity contribution in [3.63, 3.8) is 0 Å². The van der Waals surface area contributed by atoms with Crippen LogP contribution in [0, 0.1) is 11.3 Å². The average Bonchev–Trinajstić information content (AvgIpc) is 3.38. The second kappa shape index (κ2) is 10.3. The predicted octanol–water partition coefficient (Wildman–Crippen LogP) is 2.83. The maximum Gasteiger partial charge on any atom is 0.244 e. The number of thiophene rings is 1. The summed E-state index contributed by atoms with van der Waals surface area (Å²) in [6, 6.07) is 21.8. The molecule has 2 aromatic carbocycles. The molecule has 1 aliphatic rings. The summed E-state index contributed by atoms with van der Waals surface area (Å²) in [5.41, 5.74) is 1.15. The average molecular weight is 481 g/mol. The number of carbonyl (C=O) groups excluding carboxylic acids is 1. The first kappa shape index (κ1) is 23.1. The van der Waals surface area contributed by atoms with Gasteiger partial charge in [-0.2, -0.15) is 9.57 Å². The molecule has 4 rings (SSSR count). The van der Waals surface area contributed by atoms with Gasteiger partial charge in [-0.1, -0.05) is 48.5 Å². The van der Waals surface area contributed by atoms with Crippen LogP contribution in [-0.2, 0) is 14.8 Å². The molecule has 0 saturated carbocycles. The van der Waals surface area contributed by atoms with Crippen molar-refractivity contribution in [3.05, 3.63) is 88.1 Å². The van der Waals surface area contributed by atoms with Gasteiger partial charge < -0.3 is 5.32 Å². The number of benzene rings is 2. The third kappa shape index (κ3) is 5.31. The molecule has 1 fully saturated rings. The standard InChI is InChI=1S/C24H24N4O3S2/c25-17-20-9-4-5-11-22(20)33(30,31)28-14-12-27(13-15-28)18-23(29)26-24(21-10-6-16-32-21)19-7-2-1-3-8-19/h1-11,16,24H,12-15,18H2,(H,26,29)/t24-/m1/s1. The fourth-order valence-electron chi connectivity index (χ4n) is 3.88. The molecule has 0 spiro atoms. The molecular weight excluding hydrogens is 456 g/mol. The molecule has 0 bridgehead atoms. The first-order valence-corrected chi connectivity index (χ1v) is 12.9. The number of rotatable bonds is 7. The van der Waals surface area contributed by atoms with Crippen molar-refractivity contribution in [2.45, 2.75) is 10.9 Å². The van der Waals surface area contributed by atoms with Crippen LogP contribution in [0.3, 0.4) is 0 Å². The maximum atomic E-state index is 13.0. The third-order valence-corrected chi connectivity index (χ3v) is 8.48. The molecule has 0 aliphatic carbocycles. The van der Waals surface area contributed by atoms with Crippen molar-refractivity contribution in [1.29, 1.82) is 5.26 Å². The third-order valence-electron chi connectivity index (χ3n) is 5.59. The molecule has 170 valence electrons. The van der Waals surface area contributed by atoms with Crippen molar-refractivity contribution < 1.29 is 13.2 Å². The zero-order valence-corrected chi connectivity index (χ0v) is 19.6. The van der Waals surface area contributed by atoms with Crippen molar-refractivity contribution in [1.82, 2.24) is 14.5 Å². The quantitative estimate of drug-likeness (QED) is 0.561. The Balaban J connectivity index is 1.38. The zero-order valence-electron chi connectivity index (χ0n) is 17.9. The molecular formula is C24H24N4O3S2. The Hall–Kier alpha value is -3.03. The maximum absolute atomic E-state index is 13.0. The molecule has 1 saturated heterocycles. The van der Waals surface area contributed by atoms with Crippen LogP contribution in [0.15, 0.2) is 77.0 Å². The Morgan fingerprint density at radius 1 is 1.00 bits per heavy atom. The van der Waals surface area contributed by atoms with E-state index in [2.05, 4.69) is 5.32 Å². The highest BCUT2D eigenvalue weighted by atomic mass is 32.2. The summed E-state index contributed by atoms with van der Waals surface area (Å²) in [5, 5.41) is 14.4. The van der Waals surface area contributed by atoms with Gasteiger partial charge in [-0.15, -0.1) is 11.3 Å². The van der Waals surface area contributed by atoms with Gasteiger partial charge >= 0.3 is 0 Å². The van der Waals surface area contributed by atoms with E-state index in [0.29, 0.717) is 13.1 Å². The zero-order chi connectivity index (χ0) is 23.3. The van der Waals surface area contributed by atoms with Gasteiger partial charge in [-0.25, -0.2) is 8.42 Å². The Labute approximate surface area is 197 Å². The van der Waals surface area contributed by atoms with Crippen LogP contribution in [0.5, 0.6) is 0 Å². The molecule has 3 aromatic rings. The van der Waals surface area contributed by atoms with E-state index in [9.17, 15) is 18.5 Å². The Kier molecular flexibility index (Phi) is 7.20. The van der Waals surface area contributed by atoms with Gasteiger partial charge in [0.25, 0.3) is 0 Å². The fraction of sp³-hybridized carbons (Fsp3) is 0.250. The van der Waals surface area contributed by atoms with Gasteiger partial charge in [-0.3, -0.25) is 9.69 Å². The molecule has 1 N–H and O–H groups in total. The van der Waals surface area contributed by atoms with Crippen molar-refractivity contribution in [2.75, 3.05) is 32.7 Å². The number of sulfonamides is 1. The normalized spacial score (nSPS) is 16.1. The largest absolute Gasteiger partial charge is 0.343 e. The number of amides is 1. The molecule has 0 radical (unpaired) electrons. The van der Waals surface area contributed by atoms with E-state index < -0.39 is 10.0 Å². The highest BCUT2D eigenvalue weighted by Gasteiger charge is 2.31. The van der Waals surface area contributed by atoms with E-state index in [0.717, 1.165) is 10.4 Å². The lowest BCUT2D eigenvalue weighted by Crippen LogP contribution is -2.51. The SMILES string of the molecule is N#Cc1ccccc1S(=O)(=O)N1CCN(CC(=O)N[C@H](c2ccccc2)c2cccs2)CC1. The molecule has 2 heterocycles. The van der Waals surface area contributed by atoms with Gasteiger partial charge in [-0.05, 0) is 29.1 Å². The Bertz CT molecular complexity index is 1230. The van der Waals surface area contributed by atoms with E-state index in [-0.39, 0.29) is 42.0 Å². The molecule has 33 heavy (non-hydrogen) atoms. The topological polar surface area (TPSA) is 93.5 Å². The number of carbonyl (C=O) groups is 1. The first-order chi connectivity index (χ1) is 16.0. The summed E-state index contributed by atoms with van der Waals surface area (Å²) in [6.45, 7) is 1.61. The minimum atomic E-state index is -3.76. The number of nitriles is 1. The van der Waals surface area contributed by atoms with Gasteiger partial charge in [0, 0.05) is 31.1 Å². The summed E-state index contributed by atoms with van der Waals surface area (Å²) >= 11 is 1.59. The van der Waals surface area contributed by atoms with Crippen LogP contribution in [0.4, 0.5) is 0 Å². The molecule has 1 atom stereocenters. The summed E-state index contributed by atoms with van der Waals surface area (Å²) in [5.74, 6) is -0.108. The molecule has 9 heteroatoms. The second-order valence-corrected chi connectivity index (χ2v) is 10.6. The fourth-order valence-corrected chi connectivity index (χ4v) is 6.25. The van der Waals surface area contributed by atoms with Crippen LogP contribution < -0.4 is 5.32 Å². The monoisotopic (exact) mass is 480 g/mol. The lowest BCUT2D eigenvalue weighted by Gasteiger charge is -2.34. The Morgan fingerprint density at radius 2 is 1.70 bits per heavy atom. The molecule has 1 amide bonds. The molecule has 1 aliphatic heterocycles. The molecule has 1 aromatic heterocycles. The van der Waals surface area contributed by atoms with E-state index in [1.54, 1.807) is 23.5 Å². The van der Waals surface area contributed by atoms with Gasteiger partial charge in [0.2, 0.25) is 15.9 Å². The summed E-state index contributed by atoms with van der Waals surface area (Å²) < 4.78 is 27.4. The van der Waals surface area contributed by atoms with Crippen LogP contribution in [-0.4, -0.2) is 56.3 Å². The predicted molar refractivity (Wildman–Crippen MR) is 127 cm³/mol. The lowest BCUT2D eigenvalue weighted by atomic mass is 10.1. The summed E-state index contributed by atoms with van der Waals surface area (Å²) in [7, 11) is -3.76. The minimum absolute atomic E-state index is 0.0281. The first-order valence-electron chi connectivity index (χ1n) is 10.6. The summed E-state index contributed by atoms with van der Waals surface area (Å²) in [6.07, 6.45) is 0.